The van der Waals surface area contributed by atoms with Gasteiger partial charge in [0.25, 0.3) is 0 Å². The minimum Gasteiger partial charge on any atom is -0.309 e. The summed E-state index contributed by atoms with van der Waals surface area (Å²) in [4.78, 5) is 2.24. The average Bonchev–Trinajstić information content (AvgIpc) is 2.42. The van der Waals surface area contributed by atoms with Crippen LogP contribution in [0.2, 0.25) is 0 Å². The molecule has 0 bridgehead atoms. The first-order chi connectivity index (χ1) is 9.24. The molecule has 0 aliphatic rings. The Labute approximate surface area is 114 Å². The molecule has 1 nitrogen and oxygen atoms in total. The Balaban J connectivity index is 2.15. The van der Waals surface area contributed by atoms with E-state index in [0.717, 1.165) is 13.0 Å². The molecule has 0 N–H and O–H groups in total. The Morgan fingerprint density at radius 1 is 0.789 bits per heavy atom. The fourth-order valence-corrected chi connectivity index (χ4v) is 2.59. The second-order valence-corrected chi connectivity index (χ2v) is 5.39. The SMILES string of the molecule is CN(C)CCc1cccc2cc3ccccc3cc12. The Morgan fingerprint density at radius 2 is 1.47 bits per heavy atom. The van der Waals surface area contributed by atoms with Gasteiger partial charge in [0.15, 0.2) is 0 Å². The van der Waals surface area contributed by atoms with Gasteiger partial charge in [-0.05, 0) is 59.8 Å². The summed E-state index contributed by atoms with van der Waals surface area (Å²) < 4.78 is 0. The van der Waals surface area contributed by atoms with E-state index in [4.69, 9.17) is 0 Å². The van der Waals surface area contributed by atoms with Crippen LogP contribution in [0.5, 0.6) is 0 Å². The number of nitrogens with zero attached hydrogens (tertiary/aromatic N) is 1. The van der Waals surface area contributed by atoms with Gasteiger partial charge in [-0.25, -0.2) is 0 Å². The second-order valence-electron chi connectivity index (χ2n) is 5.39. The van der Waals surface area contributed by atoms with E-state index in [1.807, 2.05) is 0 Å². The van der Waals surface area contributed by atoms with Crippen LogP contribution in [0, 0.1) is 0 Å². The molecule has 0 saturated carbocycles. The predicted octanol–water partition coefficient (Wildman–Crippen LogP) is 4.10. The number of hydrogen-bond acceptors (Lipinski definition) is 1. The smallest absolute Gasteiger partial charge is 0.00159 e. The van der Waals surface area contributed by atoms with Gasteiger partial charge in [0.05, 0.1) is 0 Å². The van der Waals surface area contributed by atoms with Crippen LogP contribution >= 0.6 is 0 Å². The van der Waals surface area contributed by atoms with Crippen LogP contribution in [0.15, 0.2) is 54.6 Å². The van der Waals surface area contributed by atoms with E-state index in [0.29, 0.717) is 0 Å². The second kappa shape index (κ2) is 5.02. The molecule has 1 heteroatoms. The Morgan fingerprint density at radius 3 is 2.21 bits per heavy atom. The molecule has 0 unspecified atom stereocenters. The molecule has 96 valence electrons. The third-order valence-corrected chi connectivity index (χ3v) is 3.67. The first-order valence-corrected chi connectivity index (χ1v) is 6.79. The molecule has 3 aromatic carbocycles. The van der Waals surface area contributed by atoms with Crippen molar-refractivity contribution in [2.45, 2.75) is 6.42 Å². The first-order valence-electron chi connectivity index (χ1n) is 6.79. The van der Waals surface area contributed by atoms with Gasteiger partial charge in [-0.2, -0.15) is 0 Å². The molecular formula is C18H19N. The quantitative estimate of drug-likeness (QED) is 0.632. The topological polar surface area (TPSA) is 3.24 Å². The standard InChI is InChI=1S/C18H19N/c1-19(2)11-10-14-8-5-9-17-12-15-6-3-4-7-16(15)13-18(14)17/h3-9,12-13H,10-11H2,1-2H3. The van der Waals surface area contributed by atoms with Crippen molar-refractivity contribution in [3.05, 3.63) is 60.2 Å². The van der Waals surface area contributed by atoms with E-state index >= 15 is 0 Å². The van der Waals surface area contributed by atoms with Crippen molar-refractivity contribution in [3.63, 3.8) is 0 Å². The van der Waals surface area contributed by atoms with E-state index in [9.17, 15) is 0 Å². The van der Waals surface area contributed by atoms with Gasteiger partial charge in [0, 0.05) is 6.54 Å². The molecule has 0 spiro atoms. The maximum atomic E-state index is 2.33. The molecule has 0 atom stereocenters. The van der Waals surface area contributed by atoms with Gasteiger partial charge in [-0.3, -0.25) is 0 Å². The number of fused-ring (bicyclic) bond motifs is 2. The summed E-state index contributed by atoms with van der Waals surface area (Å²) in [6.07, 6.45) is 1.10. The molecule has 0 amide bonds. The Bertz CT molecular complexity index is 713. The van der Waals surface area contributed by atoms with Crippen LogP contribution in [0.1, 0.15) is 5.56 Å². The van der Waals surface area contributed by atoms with Crippen LogP contribution in [0.4, 0.5) is 0 Å². The van der Waals surface area contributed by atoms with Crippen molar-refractivity contribution in [2.75, 3.05) is 20.6 Å². The van der Waals surface area contributed by atoms with Gasteiger partial charge in [-0.15, -0.1) is 0 Å². The zero-order valence-electron chi connectivity index (χ0n) is 11.6. The maximum Gasteiger partial charge on any atom is 0.00159 e. The molecule has 3 aromatic rings. The van der Waals surface area contributed by atoms with Crippen molar-refractivity contribution in [2.24, 2.45) is 0 Å². The summed E-state index contributed by atoms with van der Waals surface area (Å²) in [5.74, 6) is 0. The lowest BCUT2D eigenvalue weighted by Crippen LogP contribution is -2.15. The summed E-state index contributed by atoms with van der Waals surface area (Å²) in [5, 5.41) is 5.38. The van der Waals surface area contributed by atoms with E-state index < -0.39 is 0 Å². The van der Waals surface area contributed by atoms with Crippen molar-refractivity contribution in [1.82, 2.24) is 4.90 Å². The summed E-state index contributed by atoms with van der Waals surface area (Å²) in [6.45, 7) is 1.09. The highest BCUT2D eigenvalue weighted by molar-refractivity contribution is 5.99. The fraction of sp³-hybridized carbons (Fsp3) is 0.222. The van der Waals surface area contributed by atoms with Gasteiger partial charge in [-0.1, -0.05) is 42.5 Å². The highest BCUT2D eigenvalue weighted by Crippen LogP contribution is 2.25. The van der Waals surface area contributed by atoms with Crippen LogP contribution in [0.25, 0.3) is 21.5 Å². The third-order valence-electron chi connectivity index (χ3n) is 3.67. The van der Waals surface area contributed by atoms with Crippen LogP contribution in [-0.4, -0.2) is 25.5 Å². The van der Waals surface area contributed by atoms with E-state index in [-0.39, 0.29) is 0 Å². The molecule has 19 heavy (non-hydrogen) atoms. The Kier molecular flexibility index (Phi) is 3.22. The number of likely N-dealkylation sites (N-methyl/N-ethyl adjacent to an activating group) is 1. The molecular weight excluding hydrogens is 230 g/mol. The minimum atomic E-state index is 1.09. The van der Waals surface area contributed by atoms with Gasteiger partial charge < -0.3 is 4.90 Å². The molecule has 0 aromatic heterocycles. The summed E-state index contributed by atoms with van der Waals surface area (Å²) in [6, 6.07) is 19.8. The molecule has 0 fully saturated rings. The first kappa shape index (κ1) is 12.2. The van der Waals surface area contributed by atoms with Crippen LogP contribution in [-0.2, 0) is 6.42 Å². The lowest BCUT2D eigenvalue weighted by molar-refractivity contribution is 0.414. The molecule has 0 aliphatic carbocycles. The summed E-state index contributed by atoms with van der Waals surface area (Å²) in [7, 11) is 4.25. The molecule has 0 radical (unpaired) electrons. The molecule has 0 aliphatic heterocycles. The van der Waals surface area contributed by atoms with Crippen LogP contribution in [0.3, 0.4) is 0 Å². The molecule has 0 heterocycles. The highest BCUT2D eigenvalue weighted by atomic mass is 15.0. The maximum absolute atomic E-state index is 2.33. The Hall–Kier alpha value is -1.86. The fourth-order valence-electron chi connectivity index (χ4n) is 2.59. The minimum absolute atomic E-state index is 1.09. The summed E-state index contributed by atoms with van der Waals surface area (Å²) in [5.41, 5.74) is 1.44. The number of benzene rings is 3. The van der Waals surface area contributed by atoms with Gasteiger partial charge >= 0.3 is 0 Å². The van der Waals surface area contributed by atoms with Crippen molar-refractivity contribution >= 4 is 21.5 Å². The number of rotatable bonds is 3. The molecule has 0 saturated heterocycles. The zero-order valence-corrected chi connectivity index (χ0v) is 11.6. The molecule has 3 rings (SSSR count). The third kappa shape index (κ3) is 2.47. The van der Waals surface area contributed by atoms with Gasteiger partial charge in [0.1, 0.15) is 0 Å². The van der Waals surface area contributed by atoms with E-state index in [1.54, 1.807) is 0 Å². The predicted molar refractivity (Wildman–Crippen MR) is 83.7 cm³/mol. The highest BCUT2D eigenvalue weighted by Gasteiger charge is 2.03. The average molecular weight is 249 g/mol. The van der Waals surface area contributed by atoms with Crippen LogP contribution < -0.4 is 0 Å². The monoisotopic (exact) mass is 249 g/mol. The van der Waals surface area contributed by atoms with Crippen molar-refractivity contribution in [3.8, 4) is 0 Å². The number of hydrogen-bond donors (Lipinski definition) is 0. The van der Waals surface area contributed by atoms with E-state index in [2.05, 4.69) is 73.6 Å². The lowest BCUT2D eigenvalue weighted by Gasteiger charge is -2.12. The summed E-state index contributed by atoms with van der Waals surface area (Å²) >= 11 is 0. The largest absolute Gasteiger partial charge is 0.309 e. The van der Waals surface area contributed by atoms with Gasteiger partial charge in [0.2, 0.25) is 0 Å². The lowest BCUT2D eigenvalue weighted by atomic mass is 9.98. The normalized spacial score (nSPS) is 11.5. The van der Waals surface area contributed by atoms with Crippen molar-refractivity contribution in [1.29, 1.82) is 0 Å². The van der Waals surface area contributed by atoms with E-state index in [1.165, 1.54) is 27.1 Å². The zero-order chi connectivity index (χ0) is 13.2. The van der Waals surface area contributed by atoms with Crippen molar-refractivity contribution < 1.29 is 0 Å².